The Kier molecular flexibility index (Phi) is 5.75. The van der Waals surface area contributed by atoms with E-state index in [4.69, 9.17) is 4.98 Å². The van der Waals surface area contributed by atoms with Crippen molar-refractivity contribution in [2.24, 2.45) is 0 Å². The first-order valence-corrected chi connectivity index (χ1v) is 13.1. The highest BCUT2D eigenvalue weighted by Gasteiger charge is 2.28. The smallest absolute Gasteiger partial charge is 0.256 e. The van der Waals surface area contributed by atoms with Gasteiger partial charge in [-0.25, -0.2) is 4.98 Å². The average Bonchev–Trinajstić information content (AvgIpc) is 3.38. The summed E-state index contributed by atoms with van der Waals surface area (Å²) in [4.78, 5) is 34.0. The molecule has 0 saturated heterocycles. The van der Waals surface area contributed by atoms with Crippen LogP contribution in [0.5, 0.6) is 0 Å². The minimum Gasteiger partial charge on any atom is -0.337 e. The van der Waals surface area contributed by atoms with Crippen molar-refractivity contribution >= 4 is 61.5 Å². The predicted molar refractivity (Wildman–Crippen MR) is 134 cm³/mol. The Balaban J connectivity index is 1.58. The Hall–Kier alpha value is -2.68. The SMILES string of the molecule is CSc1cccc(C(=O)Nc2sc3c(c2-c2nc4ccccc4s2)CCN(C(C)=O)C3)c1. The molecule has 0 aliphatic carbocycles. The Labute approximate surface area is 198 Å². The van der Waals surface area contributed by atoms with Gasteiger partial charge in [-0.3, -0.25) is 9.59 Å². The zero-order chi connectivity index (χ0) is 22.2. The summed E-state index contributed by atoms with van der Waals surface area (Å²) >= 11 is 4.81. The highest BCUT2D eigenvalue weighted by atomic mass is 32.2. The van der Waals surface area contributed by atoms with Crippen LogP contribution < -0.4 is 5.32 Å². The average molecular weight is 480 g/mol. The van der Waals surface area contributed by atoms with E-state index in [0.29, 0.717) is 18.7 Å². The van der Waals surface area contributed by atoms with Gasteiger partial charge in [-0.15, -0.1) is 34.4 Å². The number of thiazole rings is 1. The summed E-state index contributed by atoms with van der Waals surface area (Å²) in [5.41, 5.74) is 3.78. The van der Waals surface area contributed by atoms with Crippen LogP contribution in [0.4, 0.5) is 5.00 Å². The monoisotopic (exact) mass is 479 g/mol. The number of carbonyl (C=O) groups is 2. The summed E-state index contributed by atoms with van der Waals surface area (Å²) in [6, 6.07) is 15.7. The summed E-state index contributed by atoms with van der Waals surface area (Å²) < 4.78 is 1.12. The van der Waals surface area contributed by atoms with Gasteiger partial charge in [0.05, 0.1) is 16.8 Å². The number of fused-ring (bicyclic) bond motifs is 2. The molecule has 5 rings (SSSR count). The molecule has 1 aliphatic rings. The molecule has 2 aromatic heterocycles. The van der Waals surface area contributed by atoms with Gasteiger partial charge in [0.15, 0.2) is 0 Å². The lowest BCUT2D eigenvalue weighted by Crippen LogP contribution is -2.33. The molecule has 0 spiro atoms. The molecule has 8 heteroatoms. The maximum Gasteiger partial charge on any atom is 0.256 e. The van der Waals surface area contributed by atoms with Crippen LogP contribution >= 0.6 is 34.4 Å². The lowest BCUT2D eigenvalue weighted by atomic mass is 10.0. The number of hydrogen-bond donors (Lipinski definition) is 1. The molecular formula is C24H21N3O2S3. The van der Waals surface area contributed by atoms with Crippen LogP contribution in [-0.4, -0.2) is 34.5 Å². The van der Waals surface area contributed by atoms with Crippen molar-refractivity contribution in [3.8, 4) is 10.6 Å². The fraction of sp³-hybridized carbons (Fsp3) is 0.208. The van der Waals surface area contributed by atoms with Crippen LogP contribution in [0, 0.1) is 0 Å². The minimum absolute atomic E-state index is 0.0741. The van der Waals surface area contributed by atoms with Gasteiger partial charge in [-0.2, -0.15) is 0 Å². The van der Waals surface area contributed by atoms with Crippen LogP contribution in [0.15, 0.2) is 53.4 Å². The molecule has 5 nitrogen and oxygen atoms in total. The molecule has 0 unspecified atom stereocenters. The van der Waals surface area contributed by atoms with Crippen LogP contribution in [0.3, 0.4) is 0 Å². The third kappa shape index (κ3) is 3.94. The molecule has 2 amide bonds. The van der Waals surface area contributed by atoms with Gasteiger partial charge in [0.1, 0.15) is 10.0 Å². The fourth-order valence-corrected chi connectivity index (χ4v) is 6.73. The molecule has 0 radical (unpaired) electrons. The molecule has 1 N–H and O–H groups in total. The topological polar surface area (TPSA) is 62.3 Å². The number of nitrogens with zero attached hydrogens (tertiary/aromatic N) is 2. The lowest BCUT2D eigenvalue weighted by molar-refractivity contribution is -0.129. The normalized spacial score (nSPS) is 13.2. The molecule has 1 aliphatic heterocycles. The second-order valence-corrected chi connectivity index (χ2v) is 10.6. The van der Waals surface area contributed by atoms with E-state index in [9.17, 15) is 9.59 Å². The van der Waals surface area contributed by atoms with E-state index < -0.39 is 0 Å². The number of benzene rings is 2. The molecule has 3 heterocycles. The first-order valence-electron chi connectivity index (χ1n) is 10.2. The molecule has 162 valence electrons. The third-order valence-electron chi connectivity index (χ3n) is 5.57. The van der Waals surface area contributed by atoms with E-state index in [1.807, 2.05) is 53.6 Å². The Bertz CT molecular complexity index is 1310. The molecule has 4 aromatic rings. The maximum atomic E-state index is 13.1. The van der Waals surface area contributed by atoms with Crippen molar-refractivity contribution in [3.63, 3.8) is 0 Å². The number of anilines is 1. The predicted octanol–water partition coefficient (Wildman–Crippen LogP) is 5.90. The van der Waals surface area contributed by atoms with Gasteiger partial charge in [0, 0.05) is 34.4 Å². The first kappa shape index (κ1) is 21.2. The zero-order valence-electron chi connectivity index (χ0n) is 17.7. The second kappa shape index (κ2) is 8.69. The summed E-state index contributed by atoms with van der Waals surface area (Å²) in [6.45, 7) is 2.86. The molecule has 0 atom stereocenters. The Morgan fingerprint density at radius 3 is 2.75 bits per heavy atom. The standard InChI is InChI=1S/C24H21N3O2S3/c1-14(28)27-11-10-17-20(13-27)32-24(26-22(29)15-6-5-7-16(12-15)30-2)21(17)23-25-18-8-3-4-9-19(18)31-23/h3-9,12H,10-11,13H2,1-2H3,(H,26,29). The van der Waals surface area contributed by atoms with E-state index >= 15 is 0 Å². The number of hydrogen-bond acceptors (Lipinski definition) is 6. The van der Waals surface area contributed by atoms with Gasteiger partial charge in [0.2, 0.25) is 5.91 Å². The van der Waals surface area contributed by atoms with Crippen LogP contribution in [0.25, 0.3) is 20.8 Å². The minimum atomic E-state index is -0.134. The zero-order valence-corrected chi connectivity index (χ0v) is 20.1. The molecular weight excluding hydrogens is 458 g/mol. The summed E-state index contributed by atoms with van der Waals surface area (Å²) in [6.07, 6.45) is 2.75. The number of carbonyl (C=O) groups excluding carboxylic acids is 2. The lowest BCUT2D eigenvalue weighted by Gasteiger charge is -2.26. The maximum absolute atomic E-state index is 13.1. The first-order chi connectivity index (χ1) is 15.5. The van der Waals surface area contributed by atoms with Crippen molar-refractivity contribution < 1.29 is 9.59 Å². The quantitative estimate of drug-likeness (QED) is 0.370. The third-order valence-corrected chi connectivity index (χ3v) is 8.48. The van der Waals surface area contributed by atoms with Crippen LogP contribution in [0.1, 0.15) is 27.7 Å². The van der Waals surface area contributed by atoms with Gasteiger partial charge in [-0.1, -0.05) is 18.2 Å². The van der Waals surface area contributed by atoms with Crippen molar-refractivity contribution in [2.75, 3.05) is 18.1 Å². The van der Waals surface area contributed by atoms with Gasteiger partial charge >= 0.3 is 0 Å². The summed E-state index contributed by atoms with van der Waals surface area (Å²) in [5, 5.41) is 4.87. The summed E-state index contributed by atoms with van der Waals surface area (Å²) in [7, 11) is 0. The molecule has 32 heavy (non-hydrogen) atoms. The van der Waals surface area contributed by atoms with Gasteiger partial charge in [-0.05, 0) is 48.6 Å². The fourth-order valence-electron chi connectivity index (χ4n) is 3.91. The van der Waals surface area contributed by atoms with Crippen molar-refractivity contribution in [2.45, 2.75) is 24.8 Å². The molecule has 0 bridgehead atoms. The number of thioether (sulfide) groups is 1. The van der Waals surface area contributed by atoms with Crippen molar-refractivity contribution in [3.05, 3.63) is 64.5 Å². The van der Waals surface area contributed by atoms with Crippen molar-refractivity contribution in [1.82, 2.24) is 9.88 Å². The number of para-hydroxylation sites is 1. The van der Waals surface area contributed by atoms with E-state index in [-0.39, 0.29) is 11.8 Å². The van der Waals surface area contributed by atoms with Crippen LogP contribution in [-0.2, 0) is 17.8 Å². The van der Waals surface area contributed by atoms with E-state index in [1.54, 1.807) is 41.4 Å². The van der Waals surface area contributed by atoms with Crippen LogP contribution in [0.2, 0.25) is 0 Å². The van der Waals surface area contributed by atoms with E-state index in [0.717, 1.165) is 42.0 Å². The van der Waals surface area contributed by atoms with E-state index in [2.05, 4.69) is 11.4 Å². The van der Waals surface area contributed by atoms with Gasteiger partial charge < -0.3 is 10.2 Å². The molecule has 0 fully saturated rings. The number of thiophene rings is 1. The number of aromatic nitrogens is 1. The summed E-state index contributed by atoms with van der Waals surface area (Å²) in [5.74, 6) is -0.0599. The highest BCUT2D eigenvalue weighted by molar-refractivity contribution is 7.98. The van der Waals surface area contributed by atoms with E-state index in [1.165, 1.54) is 5.56 Å². The number of nitrogens with one attached hydrogen (secondary N) is 1. The number of amides is 2. The largest absolute Gasteiger partial charge is 0.337 e. The highest BCUT2D eigenvalue weighted by Crippen LogP contribution is 2.45. The molecule has 0 saturated carbocycles. The second-order valence-electron chi connectivity index (χ2n) is 7.57. The Morgan fingerprint density at radius 2 is 1.97 bits per heavy atom. The van der Waals surface area contributed by atoms with Gasteiger partial charge in [0.25, 0.3) is 5.91 Å². The number of rotatable bonds is 4. The molecule has 2 aromatic carbocycles. The Morgan fingerprint density at radius 1 is 1.12 bits per heavy atom. The van der Waals surface area contributed by atoms with Crippen molar-refractivity contribution in [1.29, 1.82) is 0 Å².